The third-order valence-electron chi connectivity index (χ3n) is 4.05. The number of nitrogens with one attached hydrogen (secondary N) is 2. The number of benzene rings is 2. The number of aromatic nitrogens is 2. The van der Waals surface area contributed by atoms with Crippen LogP contribution in [-0.4, -0.2) is 21.9 Å². The fourth-order valence-electron chi connectivity index (χ4n) is 2.45. The molecule has 118 valence electrons. The molecule has 2 N–H and O–H groups in total. The van der Waals surface area contributed by atoms with Gasteiger partial charge in [0.1, 0.15) is 5.82 Å². The molecule has 0 bridgehead atoms. The highest BCUT2D eigenvalue weighted by Gasteiger charge is 2.10. The molecule has 3 rings (SSSR count). The Morgan fingerprint density at radius 1 is 1.22 bits per heavy atom. The molecule has 0 saturated heterocycles. The van der Waals surface area contributed by atoms with Crippen LogP contribution < -0.4 is 5.32 Å². The minimum Gasteiger partial charge on any atom is -0.350 e. The van der Waals surface area contributed by atoms with Crippen LogP contribution in [0.5, 0.6) is 0 Å². The predicted molar refractivity (Wildman–Crippen MR) is 93.5 cm³/mol. The molecule has 1 atom stereocenters. The van der Waals surface area contributed by atoms with Crippen molar-refractivity contribution in [1.29, 1.82) is 0 Å². The summed E-state index contributed by atoms with van der Waals surface area (Å²) in [6.07, 6.45) is 0.919. The standard InChI is InChI=1S/C19H21N3O/c1-4-13(3)20-19(23)15-8-6-14(7-9-15)18-21-16-10-5-12(2)11-17(16)22-18/h5-11,13H,4H2,1-3H3,(H,20,23)(H,21,22)/t13-/m0/s1. The highest BCUT2D eigenvalue weighted by Crippen LogP contribution is 2.21. The number of aryl methyl sites for hydroxylation is 1. The summed E-state index contributed by atoms with van der Waals surface area (Å²) in [6.45, 7) is 6.12. The molecule has 0 radical (unpaired) electrons. The molecule has 1 heterocycles. The first kappa shape index (κ1) is 15.3. The van der Waals surface area contributed by atoms with Crippen LogP contribution in [0.15, 0.2) is 42.5 Å². The molecule has 0 spiro atoms. The van der Waals surface area contributed by atoms with E-state index in [0.717, 1.165) is 28.8 Å². The number of carbonyl (C=O) groups excluding carboxylic acids is 1. The Hall–Kier alpha value is -2.62. The van der Waals surface area contributed by atoms with Gasteiger partial charge in [-0.2, -0.15) is 0 Å². The molecular weight excluding hydrogens is 286 g/mol. The first-order valence-electron chi connectivity index (χ1n) is 7.94. The van der Waals surface area contributed by atoms with E-state index in [0.29, 0.717) is 5.56 Å². The first-order valence-corrected chi connectivity index (χ1v) is 7.94. The second-order valence-corrected chi connectivity index (χ2v) is 5.97. The summed E-state index contributed by atoms with van der Waals surface area (Å²) < 4.78 is 0. The van der Waals surface area contributed by atoms with Crippen molar-refractivity contribution < 1.29 is 4.79 Å². The van der Waals surface area contributed by atoms with Gasteiger partial charge in [-0.15, -0.1) is 0 Å². The van der Waals surface area contributed by atoms with Crippen LogP contribution in [0, 0.1) is 6.92 Å². The van der Waals surface area contributed by atoms with Crippen LogP contribution in [-0.2, 0) is 0 Å². The summed E-state index contributed by atoms with van der Waals surface area (Å²) in [5.74, 6) is 0.783. The molecule has 0 unspecified atom stereocenters. The van der Waals surface area contributed by atoms with E-state index >= 15 is 0 Å². The summed E-state index contributed by atoms with van der Waals surface area (Å²) in [5, 5.41) is 2.97. The minimum atomic E-state index is -0.0360. The van der Waals surface area contributed by atoms with Gasteiger partial charge in [0.2, 0.25) is 0 Å². The third-order valence-corrected chi connectivity index (χ3v) is 4.05. The monoisotopic (exact) mass is 307 g/mol. The molecule has 4 nitrogen and oxygen atoms in total. The zero-order chi connectivity index (χ0) is 16.4. The van der Waals surface area contributed by atoms with Crippen molar-refractivity contribution in [3.05, 3.63) is 53.6 Å². The van der Waals surface area contributed by atoms with E-state index in [1.807, 2.05) is 37.3 Å². The number of imidazole rings is 1. The zero-order valence-corrected chi connectivity index (χ0v) is 13.7. The summed E-state index contributed by atoms with van der Waals surface area (Å²) in [6, 6.07) is 13.9. The second-order valence-electron chi connectivity index (χ2n) is 5.97. The van der Waals surface area contributed by atoms with Gasteiger partial charge in [0.05, 0.1) is 11.0 Å². The Kier molecular flexibility index (Phi) is 4.15. The van der Waals surface area contributed by atoms with Crippen LogP contribution in [0.2, 0.25) is 0 Å². The highest BCUT2D eigenvalue weighted by molar-refractivity contribution is 5.94. The zero-order valence-electron chi connectivity index (χ0n) is 13.7. The van der Waals surface area contributed by atoms with Gasteiger partial charge in [0.25, 0.3) is 5.91 Å². The Bertz CT molecular complexity index is 833. The molecular formula is C19H21N3O. The smallest absolute Gasteiger partial charge is 0.251 e. The number of H-pyrrole nitrogens is 1. The van der Waals surface area contributed by atoms with Gasteiger partial charge in [0.15, 0.2) is 0 Å². The van der Waals surface area contributed by atoms with Gasteiger partial charge in [-0.3, -0.25) is 4.79 Å². The van der Waals surface area contributed by atoms with Gasteiger partial charge < -0.3 is 10.3 Å². The number of nitrogens with zero attached hydrogens (tertiary/aromatic N) is 1. The first-order chi connectivity index (χ1) is 11.1. The highest BCUT2D eigenvalue weighted by atomic mass is 16.1. The lowest BCUT2D eigenvalue weighted by Gasteiger charge is -2.11. The number of hydrogen-bond acceptors (Lipinski definition) is 2. The van der Waals surface area contributed by atoms with E-state index in [1.54, 1.807) is 0 Å². The Morgan fingerprint density at radius 2 is 1.96 bits per heavy atom. The maximum absolute atomic E-state index is 12.1. The van der Waals surface area contributed by atoms with Gasteiger partial charge in [-0.25, -0.2) is 4.98 Å². The normalized spacial score (nSPS) is 12.3. The van der Waals surface area contributed by atoms with Crippen molar-refractivity contribution in [3.63, 3.8) is 0 Å². The van der Waals surface area contributed by atoms with Crippen molar-refractivity contribution in [3.8, 4) is 11.4 Å². The van der Waals surface area contributed by atoms with Gasteiger partial charge in [0, 0.05) is 17.2 Å². The quantitative estimate of drug-likeness (QED) is 0.763. The van der Waals surface area contributed by atoms with E-state index in [4.69, 9.17) is 0 Å². The number of aromatic amines is 1. The van der Waals surface area contributed by atoms with Gasteiger partial charge >= 0.3 is 0 Å². The molecule has 0 aliphatic carbocycles. The van der Waals surface area contributed by atoms with Crippen molar-refractivity contribution >= 4 is 16.9 Å². The lowest BCUT2D eigenvalue weighted by Crippen LogP contribution is -2.31. The molecule has 0 fully saturated rings. The minimum absolute atomic E-state index is 0.0360. The maximum Gasteiger partial charge on any atom is 0.251 e. The summed E-state index contributed by atoms with van der Waals surface area (Å²) >= 11 is 0. The van der Waals surface area contributed by atoms with Crippen LogP contribution in [0.25, 0.3) is 22.4 Å². The van der Waals surface area contributed by atoms with Crippen molar-refractivity contribution in [2.24, 2.45) is 0 Å². The second kappa shape index (κ2) is 6.24. The summed E-state index contributed by atoms with van der Waals surface area (Å²) in [7, 11) is 0. The Morgan fingerprint density at radius 3 is 2.65 bits per heavy atom. The molecule has 1 aromatic heterocycles. The van der Waals surface area contributed by atoms with Gasteiger partial charge in [-0.1, -0.05) is 25.1 Å². The Balaban J connectivity index is 1.84. The van der Waals surface area contributed by atoms with E-state index in [-0.39, 0.29) is 11.9 Å². The van der Waals surface area contributed by atoms with Crippen LogP contribution in [0.3, 0.4) is 0 Å². The Labute approximate surface area is 136 Å². The topological polar surface area (TPSA) is 57.8 Å². The molecule has 3 aromatic rings. The lowest BCUT2D eigenvalue weighted by atomic mass is 10.1. The molecule has 0 saturated carbocycles. The largest absolute Gasteiger partial charge is 0.350 e. The molecule has 0 aliphatic heterocycles. The van der Waals surface area contributed by atoms with E-state index in [2.05, 4.69) is 41.3 Å². The number of hydrogen-bond donors (Lipinski definition) is 2. The number of rotatable bonds is 4. The molecule has 1 amide bonds. The SMILES string of the molecule is CC[C@H](C)NC(=O)c1ccc(-c2nc3ccc(C)cc3[nH]2)cc1. The fourth-order valence-corrected chi connectivity index (χ4v) is 2.45. The number of amides is 1. The van der Waals surface area contributed by atoms with Crippen LogP contribution in [0.4, 0.5) is 0 Å². The lowest BCUT2D eigenvalue weighted by molar-refractivity contribution is 0.0939. The van der Waals surface area contributed by atoms with Crippen LogP contribution in [0.1, 0.15) is 36.2 Å². The van der Waals surface area contributed by atoms with E-state index < -0.39 is 0 Å². The molecule has 0 aliphatic rings. The van der Waals surface area contributed by atoms with E-state index in [1.165, 1.54) is 5.56 Å². The molecule has 4 heteroatoms. The average molecular weight is 307 g/mol. The van der Waals surface area contributed by atoms with Crippen LogP contribution >= 0.6 is 0 Å². The summed E-state index contributed by atoms with van der Waals surface area (Å²) in [4.78, 5) is 20.0. The van der Waals surface area contributed by atoms with Crippen molar-refractivity contribution in [1.82, 2.24) is 15.3 Å². The van der Waals surface area contributed by atoms with Crippen molar-refractivity contribution in [2.45, 2.75) is 33.2 Å². The number of fused-ring (bicyclic) bond motifs is 1. The predicted octanol–water partition coefficient (Wildman–Crippen LogP) is 4.07. The molecule has 23 heavy (non-hydrogen) atoms. The number of carbonyl (C=O) groups is 1. The van der Waals surface area contributed by atoms with E-state index in [9.17, 15) is 4.79 Å². The van der Waals surface area contributed by atoms with Crippen molar-refractivity contribution in [2.75, 3.05) is 0 Å². The third kappa shape index (κ3) is 3.26. The fraction of sp³-hybridized carbons (Fsp3) is 0.263. The average Bonchev–Trinajstić information content (AvgIpc) is 2.97. The maximum atomic E-state index is 12.1. The summed E-state index contributed by atoms with van der Waals surface area (Å²) in [5.41, 5.74) is 4.81. The van der Waals surface area contributed by atoms with Gasteiger partial charge in [-0.05, 0) is 50.1 Å². The molecule has 2 aromatic carbocycles.